The van der Waals surface area contributed by atoms with E-state index >= 15 is 0 Å². The first kappa shape index (κ1) is 13.8. The lowest BCUT2D eigenvalue weighted by atomic mass is 10.1. The van der Waals surface area contributed by atoms with Crippen molar-refractivity contribution in [3.63, 3.8) is 0 Å². The van der Waals surface area contributed by atoms with Gasteiger partial charge in [-0.05, 0) is 44.0 Å². The van der Waals surface area contributed by atoms with Gasteiger partial charge in [0.05, 0.1) is 11.6 Å². The molecule has 0 amide bonds. The smallest absolute Gasteiger partial charge is 0.335 e. The van der Waals surface area contributed by atoms with E-state index in [1.807, 2.05) is 19.2 Å². The number of nitrogens with zero attached hydrogens (tertiary/aromatic N) is 2. The molecule has 1 fully saturated rings. The Labute approximate surface area is 123 Å². The number of aromatic carboxylic acids is 1. The van der Waals surface area contributed by atoms with Crippen LogP contribution in [-0.4, -0.2) is 32.5 Å². The minimum Gasteiger partial charge on any atom is -0.478 e. The van der Waals surface area contributed by atoms with Crippen LogP contribution in [0.2, 0.25) is 0 Å². The van der Waals surface area contributed by atoms with Crippen molar-refractivity contribution in [3.05, 3.63) is 53.1 Å². The first-order valence-electron chi connectivity index (χ1n) is 7.21. The number of likely N-dealkylation sites (tertiary alicyclic amines) is 1. The molecule has 3 rings (SSSR count). The Kier molecular flexibility index (Phi) is 3.75. The van der Waals surface area contributed by atoms with Gasteiger partial charge in [-0.1, -0.05) is 12.1 Å². The molecule has 1 aromatic heterocycles. The number of carboxylic acids is 1. The number of rotatable bonds is 4. The average molecular weight is 285 g/mol. The van der Waals surface area contributed by atoms with E-state index in [0.717, 1.165) is 43.0 Å². The van der Waals surface area contributed by atoms with Crippen molar-refractivity contribution >= 4 is 5.97 Å². The van der Waals surface area contributed by atoms with Crippen molar-refractivity contribution in [2.24, 2.45) is 0 Å². The molecule has 1 aliphatic heterocycles. The molecule has 1 unspecified atom stereocenters. The second-order valence-electron chi connectivity index (χ2n) is 5.59. The number of nitrogens with one attached hydrogen (secondary N) is 1. The first-order chi connectivity index (χ1) is 10.1. The molecule has 0 spiro atoms. The molecule has 1 atom stereocenters. The standard InChI is InChI=1S/C16H19N3O2/c1-11-9-17-15(18-11)14-6-3-7-19(14)10-12-4-2-5-13(8-12)16(20)21/h2,4-5,8-9,14H,3,6-7,10H2,1H3,(H,17,18)(H,20,21). The third kappa shape index (κ3) is 2.97. The number of hydrogen-bond donors (Lipinski definition) is 2. The molecule has 0 saturated carbocycles. The Balaban J connectivity index is 1.77. The van der Waals surface area contributed by atoms with Crippen molar-refractivity contribution < 1.29 is 9.90 Å². The molecule has 2 aromatic rings. The molecule has 1 saturated heterocycles. The summed E-state index contributed by atoms with van der Waals surface area (Å²) in [6.45, 7) is 3.78. The van der Waals surface area contributed by atoms with Crippen LogP contribution in [0.15, 0.2) is 30.5 Å². The zero-order chi connectivity index (χ0) is 14.8. The fourth-order valence-electron chi connectivity index (χ4n) is 2.96. The summed E-state index contributed by atoms with van der Waals surface area (Å²) in [5, 5.41) is 9.07. The normalized spacial score (nSPS) is 19.0. The van der Waals surface area contributed by atoms with E-state index in [9.17, 15) is 4.79 Å². The monoisotopic (exact) mass is 285 g/mol. The lowest BCUT2D eigenvalue weighted by Gasteiger charge is -2.23. The Morgan fingerprint density at radius 2 is 2.38 bits per heavy atom. The van der Waals surface area contributed by atoms with Gasteiger partial charge < -0.3 is 10.1 Å². The van der Waals surface area contributed by atoms with Crippen molar-refractivity contribution in [1.82, 2.24) is 14.9 Å². The van der Waals surface area contributed by atoms with Crippen LogP contribution in [0.5, 0.6) is 0 Å². The number of benzene rings is 1. The number of aromatic amines is 1. The summed E-state index contributed by atoms with van der Waals surface area (Å²) in [6.07, 6.45) is 4.09. The SMILES string of the molecule is Cc1cnc(C2CCCN2Cc2cccc(C(=O)O)c2)[nH]1. The highest BCUT2D eigenvalue weighted by Crippen LogP contribution is 2.31. The molecular formula is C16H19N3O2. The molecule has 0 aliphatic carbocycles. The maximum absolute atomic E-state index is 11.1. The molecule has 21 heavy (non-hydrogen) atoms. The van der Waals surface area contributed by atoms with Gasteiger partial charge in [0.15, 0.2) is 0 Å². The number of carbonyl (C=O) groups is 1. The molecule has 110 valence electrons. The van der Waals surface area contributed by atoms with Gasteiger partial charge in [-0.25, -0.2) is 9.78 Å². The van der Waals surface area contributed by atoms with Gasteiger partial charge in [0, 0.05) is 18.4 Å². The third-order valence-corrected chi connectivity index (χ3v) is 3.96. The van der Waals surface area contributed by atoms with Crippen LogP contribution >= 0.6 is 0 Å². The molecule has 1 aliphatic rings. The van der Waals surface area contributed by atoms with E-state index in [-0.39, 0.29) is 0 Å². The molecule has 2 N–H and O–H groups in total. The van der Waals surface area contributed by atoms with E-state index < -0.39 is 5.97 Å². The van der Waals surface area contributed by atoms with Crippen molar-refractivity contribution in [2.75, 3.05) is 6.54 Å². The predicted octanol–water partition coefficient (Wildman–Crippen LogP) is 2.75. The van der Waals surface area contributed by atoms with E-state index in [1.165, 1.54) is 0 Å². The van der Waals surface area contributed by atoms with Gasteiger partial charge in [0.2, 0.25) is 0 Å². The summed E-state index contributed by atoms with van der Waals surface area (Å²) in [5.74, 6) is 0.135. The van der Waals surface area contributed by atoms with Gasteiger partial charge in [0.25, 0.3) is 0 Å². The molecule has 0 radical (unpaired) electrons. The first-order valence-corrected chi connectivity index (χ1v) is 7.21. The second-order valence-corrected chi connectivity index (χ2v) is 5.59. The number of hydrogen-bond acceptors (Lipinski definition) is 3. The molecule has 0 bridgehead atoms. The minimum absolute atomic E-state index is 0.298. The quantitative estimate of drug-likeness (QED) is 0.906. The van der Waals surface area contributed by atoms with Gasteiger partial charge >= 0.3 is 5.97 Å². The summed E-state index contributed by atoms with van der Waals surface area (Å²) in [4.78, 5) is 21.2. The van der Waals surface area contributed by atoms with Crippen LogP contribution < -0.4 is 0 Å². The van der Waals surface area contributed by atoms with Crippen molar-refractivity contribution in [2.45, 2.75) is 32.4 Å². The van der Waals surface area contributed by atoms with Gasteiger partial charge in [0.1, 0.15) is 5.82 Å². The lowest BCUT2D eigenvalue weighted by Crippen LogP contribution is -2.23. The molecule has 5 heteroatoms. The van der Waals surface area contributed by atoms with Crippen LogP contribution in [0.1, 0.15) is 46.3 Å². The number of carboxylic acid groups (broad SMARTS) is 1. The van der Waals surface area contributed by atoms with E-state index in [1.54, 1.807) is 18.2 Å². The maximum atomic E-state index is 11.1. The van der Waals surface area contributed by atoms with Crippen LogP contribution in [0, 0.1) is 6.92 Å². The zero-order valence-electron chi connectivity index (χ0n) is 12.0. The molecular weight excluding hydrogens is 266 g/mol. The van der Waals surface area contributed by atoms with E-state index in [4.69, 9.17) is 5.11 Å². The van der Waals surface area contributed by atoms with Crippen molar-refractivity contribution in [1.29, 1.82) is 0 Å². The van der Waals surface area contributed by atoms with E-state index in [0.29, 0.717) is 11.6 Å². The Morgan fingerprint density at radius 3 is 3.10 bits per heavy atom. The number of aryl methyl sites for hydroxylation is 1. The lowest BCUT2D eigenvalue weighted by molar-refractivity contribution is 0.0696. The highest BCUT2D eigenvalue weighted by atomic mass is 16.4. The minimum atomic E-state index is -0.878. The van der Waals surface area contributed by atoms with Crippen molar-refractivity contribution in [3.8, 4) is 0 Å². The number of aromatic nitrogens is 2. The predicted molar refractivity (Wildman–Crippen MR) is 79.1 cm³/mol. The largest absolute Gasteiger partial charge is 0.478 e. The fourth-order valence-corrected chi connectivity index (χ4v) is 2.96. The Bertz CT molecular complexity index is 650. The Hall–Kier alpha value is -2.14. The van der Waals surface area contributed by atoms with E-state index in [2.05, 4.69) is 14.9 Å². The van der Waals surface area contributed by atoms with Crippen LogP contribution in [0.25, 0.3) is 0 Å². The number of imidazole rings is 1. The van der Waals surface area contributed by atoms with Crippen LogP contribution in [0.4, 0.5) is 0 Å². The molecule has 2 heterocycles. The molecule has 1 aromatic carbocycles. The topological polar surface area (TPSA) is 69.2 Å². The van der Waals surface area contributed by atoms with Crippen LogP contribution in [-0.2, 0) is 6.54 Å². The maximum Gasteiger partial charge on any atom is 0.335 e. The average Bonchev–Trinajstić information content (AvgIpc) is 3.08. The van der Waals surface area contributed by atoms with Gasteiger partial charge in [-0.3, -0.25) is 4.90 Å². The fraction of sp³-hybridized carbons (Fsp3) is 0.375. The van der Waals surface area contributed by atoms with Gasteiger partial charge in [-0.15, -0.1) is 0 Å². The zero-order valence-corrected chi connectivity index (χ0v) is 12.0. The highest BCUT2D eigenvalue weighted by Gasteiger charge is 2.28. The Morgan fingerprint density at radius 1 is 1.52 bits per heavy atom. The number of H-pyrrole nitrogens is 1. The summed E-state index contributed by atoms with van der Waals surface area (Å²) < 4.78 is 0. The second kappa shape index (κ2) is 5.69. The van der Waals surface area contributed by atoms with Crippen LogP contribution in [0.3, 0.4) is 0 Å². The summed E-state index contributed by atoms with van der Waals surface area (Å²) in [5.41, 5.74) is 2.45. The highest BCUT2D eigenvalue weighted by molar-refractivity contribution is 5.87. The summed E-state index contributed by atoms with van der Waals surface area (Å²) in [7, 11) is 0. The third-order valence-electron chi connectivity index (χ3n) is 3.96. The summed E-state index contributed by atoms with van der Waals surface area (Å²) in [6, 6.07) is 7.47. The van der Waals surface area contributed by atoms with Gasteiger partial charge in [-0.2, -0.15) is 0 Å². The molecule has 5 nitrogen and oxygen atoms in total. The summed E-state index contributed by atoms with van der Waals surface area (Å²) >= 11 is 0.